The van der Waals surface area contributed by atoms with Crippen LogP contribution in [0.3, 0.4) is 0 Å². The van der Waals surface area contributed by atoms with Gasteiger partial charge >= 0.3 is 0 Å². The van der Waals surface area contributed by atoms with Gasteiger partial charge in [0.2, 0.25) is 0 Å². The summed E-state index contributed by atoms with van der Waals surface area (Å²) in [6, 6.07) is 7.05. The van der Waals surface area contributed by atoms with Gasteiger partial charge in [0.1, 0.15) is 5.82 Å². The summed E-state index contributed by atoms with van der Waals surface area (Å²) in [6.07, 6.45) is 7.40. The van der Waals surface area contributed by atoms with Gasteiger partial charge in [0, 0.05) is 18.6 Å². The fourth-order valence-corrected chi connectivity index (χ4v) is 3.39. The Morgan fingerprint density at radius 2 is 1.90 bits per heavy atom. The molecule has 0 radical (unpaired) electrons. The Kier molecular flexibility index (Phi) is 5.77. The van der Waals surface area contributed by atoms with E-state index in [2.05, 4.69) is 18.9 Å². The number of benzene rings is 1. The molecule has 0 aliphatic heterocycles. The molecule has 1 aromatic rings. The van der Waals surface area contributed by atoms with Crippen LogP contribution in [-0.2, 0) is 6.42 Å². The molecular weight excluding hydrogens is 263 g/mol. The standard InChI is InChI=1S/C18H29FN2/c1-18(14-20,12-16-10-6-7-11-17(16)19)21(2)13-15-8-4-3-5-9-15/h6-7,10-11,15H,3-5,8-9,12-14,20H2,1-2H3. The van der Waals surface area contributed by atoms with Gasteiger partial charge in [-0.25, -0.2) is 4.39 Å². The molecule has 2 nitrogen and oxygen atoms in total. The second-order valence-corrected chi connectivity index (χ2v) is 6.85. The van der Waals surface area contributed by atoms with E-state index >= 15 is 0 Å². The summed E-state index contributed by atoms with van der Waals surface area (Å²) >= 11 is 0. The molecule has 1 fully saturated rings. The van der Waals surface area contributed by atoms with Crippen LogP contribution in [0, 0.1) is 11.7 Å². The topological polar surface area (TPSA) is 29.3 Å². The first-order valence-electron chi connectivity index (χ1n) is 8.20. The van der Waals surface area contributed by atoms with E-state index in [4.69, 9.17) is 5.73 Å². The molecule has 3 heteroatoms. The SMILES string of the molecule is CN(CC1CCCCC1)C(C)(CN)Cc1ccccc1F. The third kappa shape index (κ3) is 4.27. The maximum Gasteiger partial charge on any atom is 0.126 e. The number of hydrogen-bond acceptors (Lipinski definition) is 2. The van der Waals surface area contributed by atoms with E-state index in [-0.39, 0.29) is 11.4 Å². The van der Waals surface area contributed by atoms with E-state index in [1.807, 2.05) is 12.1 Å². The van der Waals surface area contributed by atoms with Crippen molar-refractivity contribution in [3.63, 3.8) is 0 Å². The van der Waals surface area contributed by atoms with Crippen LogP contribution in [0.5, 0.6) is 0 Å². The lowest BCUT2D eigenvalue weighted by Crippen LogP contribution is -2.53. The number of nitrogens with zero attached hydrogens (tertiary/aromatic N) is 1. The summed E-state index contributed by atoms with van der Waals surface area (Å²) < 4.78 is 13.9. The molecule has 0 spiro atoms. The van der Waals surface area contributed by atoms with E-state index in [1.54, 1.807) is 6.07 Å². The zero-order chi connectivity index (χ0) is 15.3. The number of likely N-dealkylation sites (N-methyl/N-ethyl adjacent to an activating group) is 1. The van der Waals surface area contributed by atoms with Crippen molar-refractivity contribution in [1.29, 1.82) is 0 Å². The summed E-state index contributed by atoms with van der Waals surface area (Å²) in [5, 5.41) is 0. The van der Waals surface area contributed by atoms with E-state index in [1.165, 1.54) is 38.2 Å². The quantitative estimate of drug-likeness (QED) is 0.868. The van der Waals surface area contributed by atoms with Gasteiger partial charge in [-0.2, -0.15) is 0 Å². The Morgan fingerprint density at radius 3 is 2.52 bits per heavy atom. The second kappa shape index (κ2) is 7.37. The Bertz CT molecular complexity index is 443. The molecule has 2 N–H and O–H groups in total. The molecule has 1 saturated carbocycles. The lowest BCUT2D eigenvalue weighted by atomic mass is 9.86. The first-order chi connectivity index (χ1) is 10.0. The van der Waals surface area contributed by atoms with Gasteiger partial charge in [-0.05, 0) is 50.8 Å². The van der Waals surface area contributed by atoms with Crippen LogP contribution in [0.25, 0.3) is 0 Å². The molecule has 2 rings (SSSR count). The van der Waals surface area contributed by atoms with Crippen molar-refractivity contribution in [3.05, 3.63) is 35.6 Å². The smallest absolute Gasteiger partial charge is 0.126 e. The molecular formula is C18H29FN2. The highest BCUT2D eigenvalue weighted by atomic mass is 19.1. The maximum absolute atomic E-state index is 13.9. The van der Waals surface area contributed by atoms with Gasteiger partial charge in [0.25, 0.3) is 0 Å². The molecule has 1 unspecified atom stereocenters. The number of rotatable bonds is 6. The van der Waals surface area contributed by atoms with E-state index < -0.39 is 0 Å². The Labute approximate surface area is 128 Å². The van der Waals surface area contributed by atoms with Gasteiger partial charge in [-0.3, -0.25) is 4.90 Å². The fraction of sp³-hybridized carbons (Fsp3) is 0.667. The van der Waals surface area contributed by atoms with E-state index in [0.717, 1.165) is 18.0 Å². The van der Waals surface area contributed by atoms with Gasteiger partial charge in [-0.15, -0.1) is 0 Å². The highest BCUT2D eigenvalue weighted by Gasteiger charge is 2.30. The van der Waals surface area contributed by atoms with Crippen molar-refractivity contribution in [3.8, 4) is 0 Å². The van der Waals surface area contributed by atoms with Crippen LogP contribution in [0.15, 0.2) is 24.3 Å². The van der Waals surface area contributed by atoms with Gasteiger partial charge in [0.15, 0.2) is 0 Å². The normalized spacial score (nSPS) is 19.7. The average Bonchev–Trinajstić information content (AvgIpc) is 2.50. The average molecular weight is 292 g/mol. The van der Waals surface area contributed by atoms with Crippen molar-refractivity contribution in [2.75, 3.05) is 20.1 Å². The van der Waals surface area contributed by atoms with Crippen LogP contribution < -0.4 is 5.73 Å². The highest BCUT2D eigenvalue weighted by molar-refractivity contribution is 5.20. The predicted octanol–water partition coefficient (Wildman–Crippen LogP) is 3.60. The summed E-state index contributed by atoms with van der Waals surface area (Å²) in [6.45, 7) is 3.77. The minimum Gasteiger partial charge on any atom is -0.329 e. The Morgan fingerprint density at radius 1 is 1.24 bits per heavy atom. The van der Waals surface area contributed by atoms with Gasteiger partial charge in [-0.1, -0.05) is 37.5 Å². The maximum atomic E-state index is 13.9. The first kappa shape index (κ1) is 16.4. The van der Waals surface area contributed by atoms with Crippen LogP contribution in [-0.4, -0.2) is 30.6 Å². The molecule has 1 aliphatic rings. The van der Waals surface area contributed by atoms with Crippen molar-refractivity contribution in [2.24, 2.45) is 11.7 Å². The van der Waals surface area contributed by atoms with Crippen LogP contribution in [0.4, 0.5) is 4.39 Å². The summed E-state index contributed by atoms with van der Waals surface area (Å²) in [4.78, 5) is 2.36. The molecule has 118 valence electrons. The van der Waals surface area contributed by atoms with E-state index in [9.17, 15) is 4.39 Å². The summed E-state index contributed by atoms with van der Waals surface area (Å²) in [7, 11) is 2.14. The van der Waals surface area contributed by atoms with Gasteiger partial charge < -0.3 is 5.73 Å². The first-order valence-corrected chi connectivity index (χ1v) is 8.20. The zero-order valence-electron chi connectivity index (χ0n) is 13.4. The second-order valence-electron chi connectivity index (χ2n) is 6.85. The zero-order valence-corrected chi connectivity index (χ0v) is 13.4. The lowest BCUT2D eigenvalue weighted by molar-refractivity contribution is 0.109. The molecule has 0 bridgehead atoms. The van der Waals surface area contributed by atoms with Crippen molar-refractivity contribution in [1.82, 2.24) is 4.90 Å². The minimum absolute atomic E-state index is 0.122. The predicted molar refractivity (Wildman–Crippen MR) is 86.8 cm³/mol. The van der Waals surface area contributed by atoms with Gasteiger partial charge in [0.05, 0.1) is 0 Å². The fourth-order valence-electron chi connectivity index (χ4n) is 3.39. The third-order valence-corrected chi connectivity index (χ3v) is 5.15. The Hall–Kier alpha value is -0.930. The molecule has 1 aromatic carbocycles. The minimum atomic E-state index is -0.181. The monoisotopic (exact) mass is 292 g/mol. The van der Waals surface area contributed by atoms with Crippen LogP contribution >= 0.6 is 0 Å². The number of nitrogens with two attached hydrogens (primary N) is 1. The largest absolute Gasteiger partial charge is 0.329 e. The summed E-state index contributed by atoms with van der Waals surface area (Å²) in [5.74, 6) is 0.651. The molecule has 21 heavy (non-hydrogen) atoms. The molecule has 0 aromatic heterocycles. The van der Waals surface area contributed by atoms with Crippen LogP contribution in [0.1, 0.15) is 44.6 Å². The van der Waals surface area contributed by atoms with E-state index in [0.29, 0.717) is 13.0 Å². The van der Waals surface area contributed by atoms with Crippen molar-refractivity contribution < 1.29 is 4.39 Å². The third-order valence-electron chi connectivity index (χ3n) is 5.15. The molecule has 0 heterocycles. The van der Waals surface area contributed by atoms with Crippen molar-refractivity contribution >= 4 is 0 Å². The Balaban J connectivity index is 2.03. The number of halogens is 1. The molecule has 0 saturated heterocycles. The highest BCUT2D eigenvalue weighted by Crippen LogP contribution is 2.27. The summed E-state index contributed by atoms with van der Waals surface area (Å²) in [5.41, 5.74) is 6.63. The molecule has 1 atom stereocenters. The lowest BCUT2D eigenvalue weighted by Gasteiger charge is -2.41. The van der Waals surface area contributed by atoms with Crippen molar-refractivity contribution in [2.45, 2.75) is 51.0 Å². The molecule has 0 amide bonds. The van der Waals surface area contributed by atoms with Crippen LogP contribution in [0.2, 0.25) is 0 Å². The number of hydrogen-bond donors (Lipinski definition) is 1. The molecule has 1 aliphatic carbocycles.